The molecule has 5 nitrogen and oxygen atoms in total. The van der Waals surface area contributed by atoms with E-state index in [9.17, 15) is 8.42 Å². The number of phenolic OH excluding ortho intramolecular Hbond substituents is 1. The summed E-state index contributed by atoms with van der Waals surface area (Å²) in [5, 5.41) is 11.9. The highest BCUT2D eigenvalue weighted by Gasteiger charge is 2.07. The molecule has 92 valence electrons. The quantitative estimate of drug-likeness (QED) is 0.700. The van der Waals surface area contributed by atoms with Gasteiger partial charge in [-0.15, -0.1) is 0 Å². The van der Waals surface area contributed by atoms with Crippen LogP contribution in [0.3, 0.4) is 0 Å². The molecule has 0 aliphatic carbocycles. The molecule has 3 N–H and O–H groups in total. The summed E-state index contributed by atoms with van der Waals surface area (Å²) in [6.45, 7) is 6.39. The number of benzene rings is 1. The Morgan fingerprint density at radius 3 is 1.81 bits per heavy atom. The van der Waals surface area contributed by atoms with Gasteiger partial charge >= 0.3 is 0 Å². The van der Waals surface area contributed by atoms with Gasteiger partial charge in [-0.2, -0.15) is 8.42 Å². The van der Waals surface area contributed by atoms with E-state index in [1.54, 1.807) is 0 Å². The lowest BCUT2D eigenvalue weighted by molar-refractivity contribution is 0.472. The fourth-order valence-electron chi connectivity index (χ4n) is 0.868. The summed E-state index contributed by atoms with van der Waals surface area (Å²) in [6.07, 6.45) is 0. The highest BCUT2D eigenvalue weighted by Crippen LogP contribution is 2.13. The normalized spacial score (nSPS) is 10.4. The molecule has 0 heterocycles. The minimum atomic E-state index is -4.13. The summed E-state index contributed by atoms with van der Waals surface area (Å²) in [5.41, 5.74) is 0. The molecule has 0 aromatic heterocycles. The van der Waals surface area contributed by atoms with Crippen LogP contribution in [0.5, 0.6) is 5.75 Å². The van der Waals surface area contributed by atoms with Crippen LogP contribution in [0.2, 0.25) is 0 Å². The van der Waals surface area contributed by atoms with Crippen molar-refractivity contribution in [2.45, 2.75) is 18.7 Å². The molecule has 0 amide bonds. The molecule has 1 rings (SSSR count). The molecular weight excluding hydrogens is 230 g/mol. The summed E-state index contributed by atoms with van der Waals surface area (Å²) in [7, 11) is -4.13. The predicted molar refractivity (Wildman–Crippen MR) is 62.1 cm³/mol. The fraction of sp³-hybridized carbons (Fsp3) is 0.400. The summed E-state index contributed by atoms with van der Waals surface area (Å²) in [5.74, 6) is -0.0441. The second-order valence-electron chi connectivity index (χ2n) is 2.93. The first kappa shape index (κ1) is 14.9. The highest BCUT2D eigenvalue weighted by molar-refractivity contribution is 7.85. The molecule has 1 aromatic carbocycles. The first-order valence-electron chi connectivity index (χ1n) is 4.89. The van der Waals surface area contributed by atoms with E-state index in [1.165, 1.54) is 12.1 Å². The molecule has 0 spiro atoms. The van der Waals surface area contributed by atoms with Crippen LogP contribution in [0, 0.1) is 0 Å². The fourth-order valence-corrected chi connectivity index (χ4v) is 1.35. The number of nitrogens with one attached hydrogen (secondary N) is 1. The van der Waals surface area contributed by atoms with Gasteiger partial charge in [-0.05, 0) is 37.4 Å². The third-order valence-electron chi connectivity index (χ3n) is 1.63. The van der Waals surface area contributed by atoms with E-state index in [0.29, 0.717) is 0 Å². The van der Waals surface area contributed by atoms with Crippen LogP contribution in [-0.2, 0) is 10.1 Å². The van der Waals surface area contributed by atoms with Crippen molar-refractivity contribution in [2.75, 3.05) is 13.1 Å². The Balaban J connectivity index is 0.000000385. The van der Waals surface area contributed by atoms with Crippen molar-refractivity contribution in [3.8, 4) is 5.75 Å². The molecule has 0 saturated heterocycles. The van der Waals surface area contributed by atoms with Crippen molar-refractivity contribution in [1.82, 2.24) is 5.32 Å². The van der Waals surface area contributed by atoms with Crippen molar-refractivity contribution in [2.24, 2.45) is 0 Å². The highest BCUT2D eigenvalue weighted by atomic mass is 32.2. The second kappa shape index (κ2) is 7.21. The predicted octanol–water partition coefficient (Wildman–Crippen LogP) is 1.25. The van der Waals surface area contributed by atoms with Crippen molar-refractivity contribution < 1.29 is 18.1 Å². The molecule has 16 heavy (non-hydrogen) atoms. The molecule has 0 aliphatic rings. The summed E-state index contributed by atoms with van der Waals surface area (Å²) in [6, 6.07) is 4.60. The van der Waals surface area contributed by atoms with Crippen LogP contribution in [-0.4, -0.2) is 31.2 Å². The van der Waals surface area contributed by atoms with E-state index in [0.717, 1.165) is 25.2 Å². The number of rotatable bonds is 3. The molecule has 0 atom stereocenters. The standard InChI is InChI=1S/C6H6O4S.C4H11N/c7-5-1-3-6(4-2-5)11(8,9)10;1-3-5-4-2/h1-4,7H,(H,8,9,10);5H,3-4H2,1-2H3. The van der Waals surface area contributed by atoms with Crippen LogP contribution in [0.1, 0.15) is 13.8 Å². The van der Waals surface area contributed by atoms with Gasteiger partial charge in [-0.1, -0.05) is 13.8 Å². The third kappa shape index (κ3) is 6.39. The van der Waals surface area contributed by atoms with Crippen molar-refractivity contribution in [3.05, 3.63) is 24.3 Å². The van der Waals surface area contributed by atoms with Crippen LogP contribution < -0.4 is 5.32 Å². The molecule has 0 saturated carbocycles. The molecule has 0 fully saturated rings. The van der Waals surface area contributed by atoms with Crippen molar-refractivity contribution >= 4 is 10.1 Å². The van der Waals surface area contributed by atoms with Gasteiger partial charge in [0.1, 0.15) is 5.75 Å². The SMILES string of the molecule is CCNCC.O=S(=O)(O)c1ccc(O)cc1. The van der Waals surface area contributed by atoms with E-state index in [-0.39, 0.29) is 10.6 Å². The molecular formula is C10H17NO4S. The first-order chi connectivity index (χ1) is 7.41. The molecule has 0 radical (unpaired) electrons. The zero-order valence-electron chi connectivity index (χ0n) is 9.34. The molecule has 1 aromatic rings. The summed E-state index contributed by atoms with van der Waals surface area (Å²) in [4.78, 5) is -0.227. The van der Waals surface area contributed by atoms with Gasteiger partial charge in [-0.3, -0.25) is 4.55 Å². The maximum atomic E-state index is 10.4. The maximum absolute atomic E-state index is 10.4. The zero-order chi connectivity index (χ0) is 12.6. The minimum absolute atomic E-state index is 0.0441. The van der Waals surface area contributed by atoms with Gasteiger partial charge in [0.25, 0.3) is 10.1 Å². The lowest BCUT2D eigenvalue weighted by Gasteiger charge is -1.94. The molecule has 0 unspecified atom stereocenters. The average Bonchev–Trinajstić information content (AvgIpc) is 2.19. The number of hydrogen-bond donors (Lipinski definition) is 3. The van der Waals surface area contributed by atoms with E-state index in [2.05, 4.69) is 19.2 Å². The maximum Gasteiger partial charge on any atom is 0.294 e. The largest absolute Gasteiger partial charge is 0.508 e. The topological polar surface area (TPSA) is 86.6 Å². The number of aromatic hydroxyl groups is 1. The Bertz CT molecular complexity index is 384. The van der Waals surface area contributed by atoms with E-state index < -0.39 is 10.1 Å². The third-order valence-corrected chi connectivity index (χ3v) is 2.50. The van der Waals surface area contributed by atoms with Gasteiger partial charge in [0.05, 0.1) is 4.90 Å². The number of hydrogen-bond acceptors (Lipinski definition) is 4. The van der Waals surface area contributed by atoms with Crippen LogP contribution in [0.25, 0.3) is 0 Å². The van der Waals surface area contributed by atoms with Gasteiger partial charge < -0.3 is 10.4 Å². The number of phenols is 1. The van der Waals surface area contributed by atoms with Crippen molar-refractivity contribution in [1.29, 1.82) is 0 Å². The van der Waals surface area contributed by atoms with Gasteiger partial charge in [0, 0.05) is 0 Å². The van der Waals surface area contributed by atoms with Gasteiger partial charge in [0.2, 0.25) is 0 Å². The van der Waals surface area contributed by atoms with Crippen LogP contribution >= 0.6 is 0 Å². The summed E-state index contributed by atoms with van der Waals surface area (Å²) >= 11 is 0. The van der Waals surface area contributed by atoms with Gasteiger partial charge in [-0.25, -0.2) is 0 Å². The zero-order valence-corrected chi connectivity index (χ0v) is 10.2. The van der Waals surface area contributed by atoms with Crippen LogP contribution in [0.4, 0.5) is 0 Å². The lowest BCUT2D eigenvalue weighted by atomic mass is 10.3. The Hall–Kier alpha value is -1.11. The monoisotopic (exact) mass is 247 g/mol. The van der Waals surface area contributed by atoms with Crippen molar-refractivity contribution in [3.63, 3.8) is 0 Å². The molecule has 0 bridgehead atoms. The Labute approximate surface area is 95.9 Å². The average molecular weight is 247 g/mol. The Morgan fingerprint density at radius 1 is 1.12 bits per heavy atom. The Kier molecular flexibility index (Phi) is 6.71. The second-order valence-corrected chi connectivity index (χ2v) is 4.35. The Morgan fingerprint density at radius 2 is 1.56 bits per heavy atom. The first-order valence-corrected chi connectivity index (χ1v) is 6.33. The van der Waals surface area contributed by atoms with Gasteiger partial charge in [0.15, 0.2) is 0 Å². The smallest absolute Gasteiger partial charge is 0.294 e. The van der Waals surface area contributed by atoms with E-state index in [4.69, 9.17) is 9.66 Å². The van der Waals surface area contributed by atoms with E-state index in [1.807, 2.05) is 0 Å². The minimum Gasteiger partial charge on any atom is -0.508 e. The lowest BCUT2D eigenvalue weighted by Crippen LogP contribution is -2.09. The molecule has 0 aliphatic heterocycles. The van der Waals surface area contributed by atoms with Crippen LogP contribution in [0.15, 0.2) is 29.2 Å². The van der Waals surface area contributed by atoms with E-state index >= 15 is 0 Å². The summed E-state index contributed by atoms with van der Waals surface area (Å²) < 4.78 is 29.3. The molecule has 6 heteroatoms.